The van der Waals surface area contributed by atoms with Crippen LogP contribution in [0.15, 0.2) is 59.2 Å². The number of aromatic nitrogens is 1. The molecule has 7 nitrogen and oxygen atoms in total. The summed E-state index contributed by atoms with van der Waals surface area (Å²) in [6, 6.07) is 17.7. The van der Waals surface area contributed by atoms with Crippen molar-refractivity contribution in [2.45, 2.75) is 12.8 Å². The van der Waals surface area contributed by atoms with Crippen molar-refractivity contribution in [2.24, 2.45) is 5.73 Å². The third-order valence-electron chi connectivity index (χ3n) is 3.46. The third-order valence-corrected chi connectivity index (χ3v) is 4.48. The molecule has 0 radical (unpaired) electrons. The lowest BCUT2D eigenvalue weighted by atomic mass is 10.2. The quantitative estimate of drug-likeness (QED) is 0.345. The maximum Gasteiger partial charge on any atom is 0.231 e. The Morgan fingerprint density at radius 1 is 1.00 bits per heavy atom. The monoisotopic (exact) mass is 534 g/mol. The van der Waals surface area contributed by atoms with E-state index in [9.17, 15) is 9.59 Å². The molecule has 0 aliphatic carbocycles. The minimum Gasteiger partial charge on any atom is -0.447 e. The Labute approximate surface area is 203 Å². The third kappa shape index (κ3) is 10.2. The molecule has 3 rings (SSSR count). The Bertz CT molecular complexity index is 1100. The van der Waals surface area contributed by atoms with E-state index < -0.39 is 5.91 Å². The Hall–Kier alpha value is -3.17. The number of hydrogen-bond acceptors (Lipinski definition) is 6. The molecule has 1 heterocycles. The number of nitrogens with two attached hydrogens (primary N) is 1. The maximum atomic E-state index is 11.0. The summed E-state index contributed by atoms with van der Waals surface area (Å²) in [5.74, 6) is -0.0679. The summed E-state index contributed by atoms with van der Waals surface area (Å²) in [6.45, 7) is 0. The van der Waals surface area contributed by atoms with Crippen LogP contribution in [0.5, 0.6) is 0 Å². The first-order valence-electron chi connectivity index (χ1n) is 8.88. The highest BCUT2D eigenvalue weighted by Gasteiger charge is 2.05. The average Bonchev–Trinajstić information content (AvgIpc) is 3.24. The van der Waals surface area contributed by atoms with E-state index in [0.29, 0.717) is 26.8 Å². The number of hydrogen-bond donors (Lipinski definition) is 1. The van der Waals surface area contributed by atoms with E-state index >= 15 is 0 Å². The van der Waals surface area contributed by atoms with Crippen LogP contribution in [-0.2, 0) is 11.2 Å². The predicted octanol–water partition coefficient (Wildman–Crippen LogP) is 5.36. The number of alkyl halides is 1. The molecule has 2 aromatic carbocycles. The van der Waals surface area contributed by atoms with Gasteiger partial charge in [-0.25, -0.2) is 4.98 Å². The first-order chi connectivity index (χ1) is 15.3. The van der Waals surface area contributed by atoms with Crippen molar-refractivity contribution in [3.8, 4) is 23.4 Å². The summed E-state index contributed by atoms with van der Waals surface area (Å²) in [7, 11) is 0. The lowest BCUT2D eigenvalue weighted by Crippen LogP contribution is -2.07. The van der Waals surface area contributed by atoms with E-state index in [-0.39, 0.29) is 18.6 Å². The molecule has 3 aromatic rings. The van der Waals surface area contributed by atoms with Gasteiger partial charge in [-0.2, -0.15) is 10.5 Å². The molecule has 1 aromatic heterocycles. The second kappa shape index (κ2) is 14.8. The molecule has 0 fully saturated rings. The average molecular weight is 536 g/mol. The maximum absolute atomic E-state index is 11.0. The van der Waals surface area contributed by atoms with Crippen LogP contribution in [0, 0.1) is 22.7 Å². The minimum atomic E-state index is -0.572. The second-order valence-electron chi connectivity index (χ2n) is 5.83. The van der Waals surface area contributed by atoms with E-state index in [2.05, 4.69) is 26.6 Å². The zero-order valence-electron chi connectivity index (χ0n) is 16.6. The normalized spacial score (nSPS) is 9.16. The van der Waals surface area contributed by atoms with Crippen molar-refractivity contribution < 1.29 is 14.0 Å². The number of halogens is 3. The van der Waals surface area contributed by atoms with Crippen LogP contribution in [0.4, 0.5) is 0 Å². The molecule has 0 unspecified atom stereocenters. The van der Waals surface area contributed by atoms with Gasteiger partial charge in [-0.15, -0.1) is 0 Å². The molecule has 0 aliphatic rings. The first kappa shape index (κ1) is 26.9. The Morgan fingerprint density at radius 2 is 1.56 bits per heavy atom. The summed E-state index contributed by atoms with van der Waals surface area (Å²) in [5, 5.41) is 17.8. The Balaban J connectivity index is 0.000000265. The first-order valence-corrected chi connectivity index (χ1v) is 10.8. The smallest absolute Gasteiger partial charge is 0.231 e. The summed E-state index contributed by atoms with van der Waals surface area (Å²) in [5.41, 5.74) is 6.87. The largest absolute Gasteiger partial charge is 0.447 e. The number of ketones is 1. The van der Waals surface area contributed by atoms with Crippen LogP contribution in [0.25, 0.3) is 11.3 Å². The summed E-state index contributed by atoms with van der Waals surface area (Å²) >= 11 is 14.5. The zero-order valence-corrected chi connectivity index (χ0v) is 19.7. The van der Waals surface area contributed by atoms with Gasteiger partial charge in [0.2, 0.25) is 11.8 Å². The van der Waals surface area contributed by atoms with Gasteiger partial charge in [-0.05, 0) is 36.4 Å². The van der Waals surface area contributed by atoms with Crippen LogP contribution in [0.3, 0.4) is 0 Å². The van der Waals surface area contributed by atoms with E-state index in [0.717, 1.165) is 11.3 Å². The highest BCUT2D eigenvalue weighted by atomic mass is 79.9. The molecule has 0 bridgehead atoms. The second-order valence-corrected chi connectivity index (χ2v) is 7.27. The van der Waals surface area contributed by atoms with Crippen LogP contribution >= 0.6 is 39.1 Å². The zero-order chi connectivity index (χ0) is 23.9. The highest BCUT2D eigenvalue weighted by Crippen LogP contribution is 2.20. The highest BCUT2D eigenvalue weighted by molar-refractivity contribution is 9.09. The SMILES string of the molecule is N#CCC(N)=O.N#CCc1nc(-c2ccc(Cl)cc2)co1.O=C(CBr)c1ccc(Cl)cc1. The standard InChI is InChI=1S/C11H7ClN2O.C8H6BrClO.C3H4N2O/c12-9-3-1-8(2-4-9)10-7-15-11(14-10)5-6-13;9-5-8(11)6-1-3-7(10)4-2-6;4-2-1-3(5)6/h1-4,7H,5H2;1-4H,5H2;1H2,(H2,5,6). The molecule has 0 saturated carbocycles. The van der Waals surface area contributed by atoms with E-state index in [1.807, 2.05) is 18.2 Å². The van der Waals surface area contributed by atoms with Crippen molar-refractivity contribution in [1.29, 1.82) is 10.5 Å². The van der Waals surface area contributed by atoms with E-state index in [1.165, 1.54) is 6.26 Å². The molecular formula is C22H17BrCl2N4O3. The Morgan fingerprint density at radius 3 is 2.00 bits per heavy atom. The molecule has 2 N–H and O–H groups in total. The van der Waals surface area contributed by atoms with Crippen molar-refractivity contribution >= 4 is 50.8 Å². The number of rotatable bonds is 5. The number of Topliss-reactive ketones (excluding diaryl/α,β-unsaturated/α-hetero) is 1. The van der Waals surface area contributed by atoms with Gasteiger partial charge in [0.15, 0.2) is 5.78 Å². The van der Waals surface area contributed by atoms with Gasteiger partial charge < -0.3 is 10.2 Å². The van der Waals surface area contributed by atoms with Gasteiger partial charge >= 0.3 is 0 Å². The van der Waals surface area contributed by atoms with Gasteiger partial charge in [0.05, 0.1) is 17.5 Å². The lowest BCUT2D eigenvalue weighted by Gasteiger charge is -1.95. The molecule has 164 valence electrons. The number of benzene rings is 2. The number of carbonyl (C=O) groups is 2. The molecule has 0 spiro atoms. The molecule has 32 heavy (non-hydrogen) atoms. The lowest BCUT2D eigenvalue weighted by molar-refractivity contribution is -0.117. The van der Waals surface area contributed by atoms with Gasteiger partial charge in [0, 0.05) is 21.2 Å². The van der Waals surface area contributed by atoms with Crippen molar-refractivity contribution in [3.05, 3.63) is 76.3 Å². The number of nitriles is 2. The summed E-state index contributed by atoms with van der Waals surface area (Å²) in [6.07, 6.45) is 1.55. The fourth-order valence-electron chi connectivity index (χ4n) is 2.00. The number of nitrogens with zero attached hydrogens (tertiary/aromatic N) is 3. The summed E-state index contributed by atoms with van der Waals surface area (Å²) in [4.78, 5) is 24.8. The van der Waals surface area contributed by atoms with Crippen LogP contribution < -0.4 is 5.73 Å². The van der Waals surface area contributed by atoms with Crippen LogP contribution in [0.2, 0.25) is 10.0 Å². The van der Waals surface area contributed by atoms with E-state index in [1.54, 1.807) is 42.5 Å². The van der Waals surface area contributed by atoms with Crippen molar-refractivity contribution in [3.63, 3.8) is 0 Å². The number of carbonyl (C=O) groups excluding carboxylic acids is 2. The topological polar surface area (TPSA) is 134 Å². The van der Waals surface area contributed by atoms with Crippen molar-refractivity contribution in [2.75, 3.05) is 5.33 Å². The number of oxazole rings is 1. The van der Waals surface area contributed by atoms with Crippen LogP contribution in [0.1, 0.15) is 22.7 Å². The van der Waals surface area contributed by atoms with E-state index in [4.69, 9.17) is 38.1 Å². The molecule has 0 aliphatic heterocycles. The predicted molar refractivity (Wildman–Crippen MR) is 125 cm³/mol. The Kier molecular flexibility index (Phi) is 12.4. The van der Waals surface area contributed by atoms with Crippen LogP contribution in [-0.4, -0.2) is 22.0 Å². The fraction of sp³-hybridized carbons (Fsp3) is 0.136. The van der Waals surface area contributed by atoms with Crippen molar-refractivity contribution in [1.82, 2.24) is 4.98 Å². The van der Waals surface area contributed by atoms with Gasteiger partial charge in [0.25, 0.3) is 0 Å². The molecule has 10 heteroatoms. The van der Waals surface area contributed by atoms with Gasteiger partial charge in [-0.3, -0.25) is 9.59 Å². The fourth-order valence-corrected chi connectivity index (χ4v) is 2.58. The van der Waals surface area contributed by atoms with Gasteiger partial charge in [0.1, 0.15) is 24.8 Å². The molecule has 0 saturated heterocycles. The number of primary amides is 1. The molecule has 0 atom stereocenters. The number of amides is 1. The molecule has 1 amide bonds. The minimum absolute atomic E-state index is 0.0710. The molecular weight excluding hydrogens is 519 g/mol. The van der Waals surface area contributed by atoms with Gasteiger partial charge in [-0.1, -0.05) is 51.3 Å². The summed E-state index contributed by atoms with van der Waals surface area (Å²) < 4.78 is 5.12.